The second-order valence-corrected chi connectivity index (χ2v) is 11.3. The van der Waals surface area contributed by atoms with Crippen LogP contribution < -0.4 is 5.32 Å². The van der Waals surface area contributed by atoms with Gasteiger partial charge in [0.1, 0.15) is 5.37 Å². The van der Waals surface area contributed by atoms with E-state index in [0.717, 1.165) is 17.7 Å². The molecule has 30 heavy (non-hydrogen) atoms. The Labute approximate surface area is 188 Å². The molecule has 2 aromatic rings. The molecule has 0 unspecified atom stereocenters. The van der Waals surface area contributed by atoms with Crippen LogP contribution in [0.4, 0.5) is 0 Å². The smallest absolute Gasteiger partial charge is 0.251 e. The Morgan fingerprint density at radius 3 is 2.50 bits per heavy atom. The van der Waals surface area contributed by atoms with Crippen molar-refractivity contribution in [2.75, 3.05) is 24.6 Å². The van der Waals surface area contributed by atoms with Crippen LogP contribution in [0, 0.1) is 0 Å². The second-order valence-electron chi connectivity index (χ2n) is 8.32. The molecule has 1 atom stereocenters. The molecule has 3 rings (SSSR count). The van der Waals surface area contributed by atoms with Crippen LogP contribution in [0.25, 0.3) is 0 Å². The summed E-state index contributed by atoms with van der Waals surface area (Å²) < 4.78 is 0.204. The zero-order valence-corrected chi connectivity index (χ0v) is 19.5. The van der Waals surface area contributed by atoms with Crippen LogP contribution in [-0.2, 0) is 11.2 Å². The molecule has 4 nitrogen and oxygen atoms in total. The van der Waals surface area contributed by atoms with Crippen molar-refractivity contribution in [3.05, 3.63) is 71.3 Å². The number of amides is 2. The number of thioether (sulfide) groups is 2. The number of hydrogen-bond acceptors (Lipinski definition) is 4. The molecule has 0 aliphatic carbocycles. The van der Waals surface area contributed by atoms with Gasteiger partial charge in [-0.2, -0.15) is 11.8 Å². The molecule has 6 heteroatoms. The van der Waals surface area contributed by atoms with Crippen LogP contribution in [0.2, 0.25) is 0 Å². The van der Waals surface area contributed by atoms with Crippen molar-refractivity contribution in [1.29, 1.82) is 0 Å². The third kappa shape index (κ3) is 6.54. The quantitative estimate of drug-likeness (QED) is 0.599. The molecular formula is C24H30N2O2S2. The largest absolute Gasteiger partial charge is 0.351 e. The van der Waals surface area contributed by atoms with Gasteiger partial charge in [0.05, 0.1) is 5.75 Å². The number of benzene rings is 2. The van der Waals surface area contributed by atoms with Crippen molar-refractivity contribution in [3.63, 3.8) is 0 Å². The SMILES string of the molecule is CC(C)(C)SCCNC(=O)c1ccc([C@H]2SCC(=O)N2CCc2ccccc2)cc1. The number of carbonyl (C=O) groups is 2. The van der Waals surface area contributed by atoms with E-state index in [9.17, 15) is 9.59 Å². The highest BCUT2D eigenvalue weighted by Crippen LogP contribution is 2.38. The number of rotatable bonds is 8. The maximum atomic E-state index is 12.4. The van der Waals surface area contributed by atoms with Crippen molar-refractivity contribution < 1.29 is 9.59 Å². The Kier molecular flexibility index (Phi) is 7.89. The fourth-order valence-electron chi connectivity index (χ4n) is 3.29. The molecule has 1 fully saturated rings. The van der Waals surface area contributed by atoms with Gasteiger partial charge in [-0.25, -0.2) is 0 Å². The summed E-state index contributed by atoms with van der Waals surface area (Å²) in [6.07, 6.45) is 0.844. The number of nitrogens with zero attached hydrogens (tertiary/aromatic N) is 1. The summed E-state index contributed by atoms with van der Waals surface area (Å²) in [4.78, 5) is 26.8. The van der Waals surface area contributed by atoms with Gasteiger partial charge in [0.25, 0.3) is 5.91 Å². The van der Waals surface area contributed by atoms with Crippen LogP contribution in [-0.4, -0.2) is 46.1 Å². The molecule has 0 bridgehead atoms. The minimum atomic E-state index is -0.0489. The van der Waals surface area contributed by atoms with Crippen LogP contribution >= 0.6 is 23.5 Å². The van der Waals surface area contributed by atoms with Crippen LogP contribution in [0.5, 0.6) is 0 Å². The first-order valence-corrected chi connectivity index (χ1v) is 12.3. The van der Waals surface area contributed by atoms with E-state index in [1.807, 2.05) is 59.1 Å². The molecule has 0 radical (unpaired) electrons. The lowest BCUT2D eigenvalue weighted by Gasteiger charge is -2.24. The van der Waals surface area contributed by atoms with Crippen molar-refractivity contribution in [1.82, 2.24) is 10.2 Å². The minimum Gasteiger partial charge on any atom is -0.351 e. The highest BCUT2D eigenvalue weighted by Gasteiger charge is 2.32. The fraction of sp³-hybridized carbons (Fsp3) is 0.417. The normalized spacial score (nSPS) is 16.7. The minimum absolute atomic E-state index is 0.0153. The molecular weight excluding hydrogens is 412 g/mol. The Hall–Kier alpha value is -1.92. The van der Waals surface area contributed by atoms with Crippen LogP contribution in [0.1, 0.15) is 47.6 Å². The molecule has 0 saturated carbocycles. The lowest BCUT2D eigenvalue weighted by Crippen LogP contribution is -2.30. The summed E-state index contributed by atoms with van der Waals surface area (Å²) in [5.74, 6) is 1.53. The van der Waals surface area contributed by atoms with Gasteiger partial charge in [-0.3, -0.25) is 9.59 Å². The molecule has 1 heterocycles. The number of nitrogens with one attached hydrogen (secondary N) is 1. The van der Waals surface area contributed by atoms with Gasteiger partial charge < -0.3 is 10.2 Å². The zero-order valence-electron chi connectivity index (χ0n) is 17.9. The van der Waals surface area contributed by atoms with Gasteiger partial charge in [-0.05, 0) is 29.7 Å². The second kappa shape index (κ2) is 10.4. The first-order valence-electron chi connectivity index (χ1n) is 10.3. The van der Waals surface area contributed by atoms with Crippen molar-refractivity contribution >= 4 is 35.3 Å². The van der Waals surface area contributed by atoms with Crippen molar-refractivity contribution in [3.8, 4) is 0 Å². The predicted molar refractivity (Wildman–Crippen MR) is 128 cm³/mol. The summed E-state index contributed by atoms with van der Waals surface area (Å²) in [5, 5.41) is 3.00. The Morgan fingerprint density at radius 1 is 1.13 bits per heavy atom. The van der Waals surface area contributed by atoms with E-state index >= 15 is 0 Å². The highest BCUT2D eigenvalue weighted by molar-refractivity contribution is 8.00. The maximum absolute atomic E-state index is 12.4. The monoisotopic (exact) mass is 442 g/mol. The number of carbonyl (C=O) groups excluding carboxylic acids is 2. The van der Waals surface area contributed by atoms with E-state index in [1.165, 1.54) is 5.56 Å². The van der Waals surface area contributed by atoms with Gasteiger partial charge in [-0.1, -0.05) is 63.2 Å². The summed E-state index contributed by atoms with van der Waals surface area (Å²) in [7, 11) is 0. The Bertz CT molecular complexity index is 848. The third-order valence-corrected chi connectivity index (χ3v) is 7.36. The summed E-state index contributed by atoms with van der Waals surface area (Å²) in [6, 6.07) is 17.9. The predicted octanol–water partition coefficient (Wildman–Crippen LogP) is 4.76. The molecule has 160 valence electrons. The number of hydrogen-bond donors (Lipinski definition) is 1. The van der Waals surface area contributed by atoms with E-state index < -0.39 is 0 Å². The molecule has 2 aromatic carbocycles. The van der Waals surface area contributed by atoms with E-state index in [-0.39, 0.29) is 21.9 Å². The van der Waals surface area contributed by atoms with Crippen molar-refractivity contribution in [2.24, 2.45) is 0 Å². The van der Waals surface area contributed by atoms with E-state index in [4.69, 9.17) is 0 Å². The van der Waals surface area contributed by atoms with Crippen LogP contribution in [0.15, 0.2) is 54.6 Å². The highest BCUT2D eigenvalue weighted by atomic mass is 32.2. The molecule has 0 spiro atoms. The third-order valence-electron chi connectivity index (χ3n) is 4.83. The van der Waals surface area contributed by atoms with Crippen LogP contribution in [0.3, 0.4) is 0 Å². The van der Waals surface area contributed by atoms with Gasteiger partial charge in [0.15, 0.2) is 0 Å². The molecule has 1 aliphatic heterocycles. The zero-order chi connectivity index (χ0) is 21.6. The van der Waals surface area contributed by atoms with Gasteiger partial charge in [0.2, 0.25) is 5.91 Å². The summed E-state index contributed by atoms with van der Waals surface area (Å²) in [5.41, 5.74) is 2.96. The average molecular weight is 443 g/mol. The molecule has 1 aliphatic rings. The van der Waals surface area contributed by atoms with Crippen molar-refractivity contribution in [2.45, 2.75) is 37.3 Å². The topological polar surface area (TPSA) is 49.4 Å². The first kappa shape index (κ1) is 22.8. The van der Waals surface area contributed by atoms with E-state index in [2.05, 4.69) is 38.2 Å². The first-order chi connectivity index (χ1) is 14.3. The Balaban J connectivity index is 1.56. The molecule has 0 aromatic heterocycles. The summed E-state index contributed by atoms with van der Waals surface area (Å²) in [6.45, 7) is 7.88. The standard InChI is InChI=1S/C24H30N2O2S2/c1-24(2,3)30-16-14-25-22(28)19-9-11-20(12-10-19)23-26(21(27)17-29-23)15-13-18-7-5-4-6-8-18/h4-12,23H,13-17H2,1-3H3,(H,25,28)/t23-/m1/s1. The van der Waals surface area contributed by atoms with Gasteiger partial charge in [-0.15, -0.1) is 11.8 Å². The maximum Gasteiger partial charge on any atom is 0.251 e. The molecule has 1 saturated heterocycles. The average Bonchev–Trinajstić information content (AvgIpc) is 3.10. The molecule has 1 N–H and O–H groups in total. The lowest BCUT2D eigenvalue weighted by molar-refractivity contribution is -0.128. The van der Waals surface area contributed by atoms with E-state index in [0.29, 0.717) is 24.4 Å². The lowest BCUT2D eigenvalue weighted by atomic mass is 10.1. The van der Waals surface area contributed by atoms with Gasteiger partial charge >= 0.3 is 0 Å². The van der Waals surface area contributed by atoms with Gasteiger partial charge in [0, 0.05) is 29.2 Å². The fourth-order valence-corrected chi connectivity index (χ4v) is 5.32. The van der Waals surface area contributed by atoms with E-state index in [1.54, 1.807) is 11.8 Å². The summed E-state index contributed by atoms with van der Waals surface area (Å²) >= 11 is 3.49. The molecule has 2 amide bonds. The Morgan fingerprint density at radius 2 is 1.83 bits per heavy atom.